The molecule has 2 aromatic carbocycles. The molecule has 2 unspecified atom stereocenters. The molecule has 1 heterocycles. The van der Waals surface area contributed by atoms with E-state index in [1.54, 1.807) is 7.11 Å². The van der Waals surface area contributed by atoms with Gasteiger partial charge in [0, 0.05) is 22.7 Å². The maximum absolute atomic E-state index is 12.8. The van der Waals surface area contributed by atoms with Crippen molar-refractivity contribution in [2.75, 3.05) is 13.7 Å². The zero-order chi connectivity index (χ0) is 18.1. The van der Waals surface area contributed by atoms with Gasteiger partial charge in [0.1, 0.15) is 17.6 Å². The van der Waals surface area contributed by atoms with Crippen LogP contribution in [0.4, 0.5) is 0 Å². The molecule has 0 bridgehead atoms. The van der Waals surface area contributed by atoms with Crippen LogP contribution in [0, 0.1) is 0 Å². The Morgan fingerprint density at radius 2 is 2.04 bits per heavy atom. The number of hydrogen-bond acceptors (Lipinski definition) is 4. The van der Waals surface area contributed by atoms with Gasteiger partial charge in [0.25, 0.3) is 0 Å². The summed E-state index contributed by atoms with van der Waals surface area (Å²) in [7, 11) is 1.62. The Kier molecular flexibility index (Phi) is 4.68. The van der Waals surface area contributed by atoms with E-state index in [0.717, 1.165) is 41.8 Å². The molecule has 4 rings (SSSR count). The number of ketones is 1. The number of piperidine rings is 1. The van der Waals surface area contributed by atoms with Gasteiger partial charge in [-0.2, -0.15) is 0 Å². The second kappa shape index (κ2) is 7.12. The molecule has 0 radical (unpaired) electrons. The number of carbonyl (C=O) groups excluding carboxylic acids is 1. The largest absolute Gasteiger partial charge is 0.497 e. The highest BCUT2D eigenvalue weighted by atomic mass is 16.5. The summed E-state index contributed by atoms with van der Waals surface area (Å²) in [5.41, 5.74) is 3.27. The smallest absolute Gasteiger partial charge is 0.194 e. The molecule has 136 valence electrons. The maximum Gasteiger partial charge on any atom is 0.194 e. The summed E-state index contributed by atoms with van der Waals surface area (Å²) in [5.74, 6) is 1.55. The number of carbonyl (C=O) groups is 1. The van der Waals surface area contributed by atoms with Gasteiger partial charge in [0.2, 0.25) is 0 Å². The van der Waals surface area contributed by atoms with E-state index in [2.05, 4.69) is 12.2 Å². The fraction of sp³-hybridized carbons (Fsp3) is 0.409. The van der Waals surface area contributed by atoms with Gasteiger partial charge in [0.05, 0.1) is 7.11 Å². The van der Waals surface area contributed by atoms with Crippen molar-refractivity contribution < 1.29 is 14.3 Å². The highest BCUT2D eigenvalue weighted by Crippen LogP contribution is 2.44. The predicted octanol–water partition coefficient (Wildman–Crippen LogP) is 4.21. The van der Waals surface area contributed by atoms with Crippen molar-refractivity contribution in [1.29, 1.82) is 0 Å². The summed E-state index contributed by atoms with van der Waals surface area (Å²) < 4.78 is 11.7. The second-order valence-electron chi connectivity index (χ2n) is 7.04. The minimum absolute atomic E-state index is 0.0446. The molecule has 0 aromatic heterocycles. The first-order valence-corrected chi connectivity index (χ1v) is 9.49. The molecule has 2 aromatic rings. The van der Waals surface area contributed by atoms with Crippen LogP contribution in [0.25, 0.3) is 11.1 Å². The van der Waals surface area contributed by atoms with Gasteiger partial charge in [-0.3, -0.25) is 4.79 Å². The number of rotatable bonds is 5. The topological polar surface area (TPSA) is 47.6 Å². The minimum Gasteiger partial charge on any atom is -0.497 e. The second-order valence-corrected chi connectivity index (χ2v) is 7.04. The Morgan fingerprint density at radius 3 is 2.77 bits per heavy atom. The molecule has 1 N–H and O–H groups in total. The Balaban J connectivity index is 1.70. The molecule has 0 spiro atoms. The number of methoxy groups -OCH3 is 1. The molecular formula is C22H25NO3. The fourth-order valence-corrected chi connectivity index (χ4v) is 4.11. The number of fused-ring (bicyclic) bond motifs is 3. The molecule has 1 fully saturated rings. The average molecular weight is 351 g/mol. The van der Waals surface area contributed by atoms with Crippen LogP contribution in [-0.4, -0.2) is 31.6 Å². The van der Waals surface area contributed by atoms with Crippen LogP contribution in [0.2, 0.25) is 0 Å². The summed E-state index contributed by atoms with van der Waals surface area (Å²) in [6.45, 7) is 3.21. The molecule has 4 heteroatoms. The van der Waals surface area contributed by atoms with E-state index in [1.807, 2.05) is 36.4 Å². The Bertz CT molecular complexity index is 824. The first-order chi connectivity index (χ1) is 12.7. The third-order valence-electron chi connectivity index (χ3n) is 5.49. The Labute approximate surface area is 154 Å². The van der Waals surface area contributed by atoms with Crippen LogP contribution in [0.15, 0.2) is 36.4 Å². The quantitative estimate of drug-likeness (QED) is 0.748. The number of hydrogen-bond donors (Lipinski definition) is 1. The molecule has 2 atom stereocenters. The van der Waals surface area contributed by atoms with Crippen LogP contribution in [0.3, 0.4) is 0 Å². The highest BCUT2D eigenvalue weighted by molar-refractivity contribution is 6.22. The van der Waals surface area contributed by atoms with Crippen LogP contribution in [-0.2, 0) is 0 Å². The monoisotopic (exact) mass is 351 g/mol. The van der Waals surface area contributed by atoms with Crippen LogP contribution >= 0.6 is 0 Å². The van der Waals surface area contributed by atoms with Crippen LogP contribution in [0.5, 0.6) is 11.5 Å². The van der Waals surface area contributed by atoms with E-state index >= 15 is 0 Å². The summed E-state index contributed by atoms with van der Waals surface area (Å²) in [5, 5.41) is 3.59. The van der Waals surface area contributed by atoms with Gasteiger partial charge in [-0.25, -0.2) is 0 Å². The van der Waals surface area contributed by atoms with Crippen molar-refractivity contribution in [3.8, 4) is 22.6 Å². The third kappa shape index (κ3) is 2.88. The molecular weight excluding hydrogens is 326 g/mol. The first-order valence-electron chi connectivity index (χ1n) is 9.49. The normalized spacial score (nSPS) is 19.6. The van der Waals surface area contributed by atoms with Gasteiger partial charge in [-0.15, -0.1) is 0 Å². The average Bonchev–Trinajstić information content (AvgIpc) is 2.99. The molecule has 0 saturated carbocycles. The molecule has 2 aliphatic rings. The number of ether oxygens (including phenoxy) is 2. The Hall–Kier alpha value is -2.33. The minimum atomic E-state index is 0.0446. The summed E-state index contributed by atoms with van der Waals surface area (Å²) in [6, 6.07) is 11.8. The lowest BCUT2D eigenvalue weighted by Gasteiger charge is -2.31. The summed E-state index contributed by atoms with van der Waals surface area (Å²) >= 11 is 0. The van der Waals surface area contributed by atoms with Crippen molar-refractivity contribution in [2.24, 2.45) is 0 Å². The molecule has 1 aliphatic heterocycles. The number of nitrogens with one attached hydrogen (secondary N) is 1. The van der Waals surface area contributed by atoms with Crippen molar-refractivity contribution in [2.45, 2.75) is 44.8 Å². The SMILES string of the molecule is CCC(Oc1cccc2c1-c1ccc(OC)cc1C2=O)C1CCCCN1. The zero-order valence-electron chi connectivity index (χ0n) is 15.4. The van der Waals surface area contributed by atoms with Crippen molar-refractivity contribution in [3.63, 3.8) is 0 Å². The Morgan fingerprint density at radius 1 is 1.15 bits per heavy atom. The van der Waals surface area contributed by atoms with Crippen molar-refractivity contribution >= 4 is 5.78 Å². The predicted molar refractivity (Wildman–Crippen MR) is 102 cm³/mol. The van der Waals surface area contributed by atoms with Crippen LogP contribution < -0.4 is 14.8 Å². The van der Waals surface area contributed by atoms with Gasteiger partial charge >= 0.3 is 0 Å². The van der Waals surface area contributed by atoms with Gasteiger partial charge in [-0.05, 0) is 55.6 Å². The van der Waals surface area contributed by atoms with Gasteiger partial charge in [0.15, 0.2) is 5.78 Å². The van der Waals surface area contributed by atoms with Gasteiger partial charge in [-0.1, -0.05) is 25.5 Å². The van der Waals surface area contributed by atoms with Crippen LogP contribution in [0.1, 0.15) is 48.5 Å². The lowest BCUT2D eigenvalue weighted by molar-refractivity contribution is 0.104. The molecule has 0 amide bonds. The summed E-state index contributed by atoms with van der Waals surface area (Å²) in [4.78, 5) is 12.8. The molecule has 1 saturated heterocycles. The van der Waals surface area contributed by atoms with E-state index in [9.17, 15) is 4.79 Å². The summed E-state index contributed by atoms with van der Waals surface area (Å²) in [6.07, 6.45) is 4.66. The first kappa shape index (κ1) is 17.1. The van der Waals surface area contributed by atoms with E-state index in [4.69, 9.17) is 9.47 Å². The van der Waals surface area contributed by atoms with Crippen molar-refractivity contribution in [3.05, 3.63) is 47.5 Å². The molecule has 1 aliphatic carbocycles. The highest BCUT2D eigenvalue weighted by Gasteiger charge is 2.31. The molecule has 26 heavy (non-hydrogen) atoms. The van der Waals surface area contributed by atoms with E-state index in [-0.39, 0.29) is 11.9 Å². The van der Waals surface area contributed by atoms with Gasteiger partial charge < -0.3 is 14.8 Å². The maximum atomic E-state index is 12.8. The third-order valence-corrected chi connectivity index (χ3v) is 5.49. The zero-order valence-corrected chi connectivity index (χ0v) is 15.4. The standard InChI is InChI=1S/C22H25NO3/c1-3-19(18-8-4-5-12-23-18)26-20-9-6-7-16-21(20)15-11-10-14(25-2)13-17(15)22(16)24/h6-7,9-11,13,18-19,23H,3-5,8,12H2,1-2H3. The van der Waals surface area contributed by atoms with E-state index < -0.39 is 0 Å². The lowest BCUT2D eigenvalue weighted by atomic mass is 9.98. The number of benzene rings is 2. The lowest BCUT2D eigenvalue weighted by Crippen LogP contribution is -2.45. The van der Waals surface area contributed by atoms with E-state index in [1.165, 1.54) is 12.8 Å². The molecule has 4 nitrogen and oxygen atoms in total. The van der Waals surface area contributed by atoms with Crippen molar-refractivity contribution in [1.82, 2.24) is 5.32 Å². The van der Waals surface area contributed by atoms with E-state index in [0.29, 0.717) is 17.4 Å². The fourth-order valence-electron chi connectivity index (χ4n) is 4.11.